The largest absolute Gasteiger partial charge is 0.387 e. The highest BCUT2D eigenvalue weighted by Crippen LogP contribution is 2.26. The molecule has 0 spiro atoms. The van der Waals surface area contributed by atoms with Gasteiger partial charge in [-0.25, -0.2) is 9.97 Å². The molecule has 0 fully saturated rings. The fourth-order valence-electron chi connectivity index (χ4n) is 2.28. The van der Waals surface area contributed by atoms with E-state index in [1.807, 2.05) is 24.3 Å². The molecule has 1 heterocycles. The smallest absolute Gasteiger partial charge is 0.131 e. The van der Waals surface area contributed by atoms with Crippen LogP contribution in [-0.4, -0.2) is 15.1 Å². The van der Waals surface area contributed by atoms with Gasteiger partial charge in [-0.1, -0.05) is 51.2 Å². The average Bonchev–Trinajstić information content (AvgIpc) is 2.46. The molecule has 0 saturated carbocycles. The van der Waals surface area contributed by atoms with E-state index < -0.39 is 6.10 Å². The molecule has 0 unspecified atom stereocenters. The van der Waals surface area contributed by atoms with Crippen LogP contribution in [0.1, 0.15) is 57.2 Å². The molecule has 0 saturated heterocycles. The normalized spacial score (nSPS) is 12.8. The van der Waals surface area contributed by atoms with Crippen molar-refractivity contribution in [3.05, 3.63) is 34.6 Å². The number of nitrogens with zero attached hydrogens (tertiary/aromatic N) is 2. The Hall–Kier alpha value is -1.00. The van der Waals surface area contributed by atoms with Gasteiger partial charge in [-0.3, -0.25) is 0 Å². The van der Waals surface area contributed by atoms with Crippen molar-refractivity contribution in [3.8, 4) is 0 Å². The van der Waals surface area contributed by atoms with Gasteiger partial charge in [-0.2, -0.15) is 0 Å². The van der Waals surface area contributed by atoms with Gasteiger partial charge in [0.25, 0.3) is 0 Å². The van der Waals surface area contributed by atoms with E-state index in [1.165, 1.54) is 25.7 Å². The van der Waals surface area contributed by atoms with Gasteiger partial charge in [-0.15, -0.1) is 0 Å². The molecular formula is C16H21BrN2O. The van der Waals surface area contributed by atoms with Crippen molar-refractivity contribution in [3.63, 3.8) is 0 Å². The quantitative estimate of drug-likeness (QED) is 0.739. The number of hydrogen-bond acceptors (Lipinski definition) is 3. The summed E-state index contributed by atoms with van der Waals surface area (Å²) in [5.41, 5.74) is 2.33. The summed E-state index contributed by atoms with van der Waals surface area (Å²) < 4.78 is 0.650. The number of fused-ring (bicyclic) bond motifs is 1. The maximum absolute atomic E-state index is 10.3. The fraction of sp³-hybridized carbons (Fsp3) is 0.500. The predicted octanol–water partition coefficient (Wildman–Crippen LogP) is 4.79. The average molecular weight is 337 g/mol. The Morgan fingerprint density at radius 2 is 1.70 bits per heavy atom. The number of rotatable bonds is 7. The highest BCUT2D eigenvalue weighted by Gasteiger charge is 2.15. The molecule has 108 valence electrons. The molecule has 1 N–H and O–H groups in total. The number of halogens is 1. The van der Waals surface area contributed by atoms with Crippen LogP contribution in [0.3, 0.4) is 0 Å². The van der Waals surface area contributed by atoms with Gasteiger partial charge < -0.3 is 5.11 Å². The van der Waals surface area contributed by atoms with Crippen LogP contribution in [0.25, 0.3) is 11.0 Å². The van der Waals surface area contributed by atoms with Crippen LogP contribution in [0.4, 0.5) is 0 Å². The topological polar surface area (TPSA) is 46.0 Å². The zero-order chi connectivity index (χ0) is 14.4. The molecule has 3 nitrogen and oxygen atoms in total. The van der Waals surface area contributed by atoms with Gasteiger partial charge >= 0.3 is 0 Å². The van der Waals surface area contributed by atoms with Crippen molar-refractivity contribution in [2.75, 3.05) is 0 Å². The van der Waals surface area contributed by atoms with Gasteiger partial charge in [0.2, 0.25) is 0 Å². The minimum atomic E-state index is -0.539. The number of hydrogen-bond donors (Lipinski definition) is 1. The lowest BCUT2D eigenvalue weighted by molar-refractivity contribution is 0.158. The number of para-hydroxylation sites is 2. The monoisotopic (exact) mass is 336 g/mol. The SMILES string of the molecule is CCCCCCC[C@H](O)c1nc2ccccc2nc1Br. The predicted molar refractivity (Wildman–Crippen MR) is 85.6 cm³/mol. The molecule has 0 aliphatic heterocycles. The van der Waals surface area contributed by atoms with E-state index in [2.05, 4.69) is 32.8 Å². The Morgan fingerprint density at radius 1 is 1.05 bits per heavy atom. The Morgan fingerprint density at radius 3 is 2.40 bits per heavy atom. The lowest BCUT2D eigenvalue weighted by Crippen LogP contribution is -2.04. The summed E-state index contributed by atoms with van der Waals surface area (Å²) >= 11 is 3.42. The summed E-state index contributed by atoms with van der Waals surface area (Å²) in [6, 6.07) is 7.72. The minimum Gasteiger partial charge on any atom is -0.387 e. The van der Waals surface area contributed by atoms with E-state index in [-0.39, 0.29) is 0 Å². The van der Waals surface area contributed by atoms with Crippen LogP contribution < -0.4 is 0 Å². The van der Waals surface area contributed by atoms with Gasteiger partial charge in [0.15, 0.2) is 0 Å². The Balaban J connectivity index is 2.02. The maximum atomic E-state index is 10.3. The molecule has 20 heavy (non-hydrogen) atoms. The summed E-state index contributed by atoms with van der Waals surface area (Å²) in [5.74, 6) is 0. The van der Waals surface area contributed by atoms with Gasteiger partial charge in [0.05, 0.1) is 17.1 Å². The highest BCUT2D eigenvalue weighted by atomic mass is 79.9. The van der Waals surface area contributed by atoms with Gasteiger partial charge in [0.1, 0.15) is 10.3 Å². The highest BCUT2D eigenvalue weighted by molar-refractivity contribution is 9.10. The van der Waals surface area contributed by atoms with Crippen LogP contribution in [0, 0.1) is 0 Å². The second-order valence-corrected chi connectivity index (χ2v) is 5.86. The maximum Gasteiger partial charge on any atom is 0.131 e. The van der Waals surface area contributed by atoms with E-state index in [9.17, 15) is 5.11 Å². The van der Waals surface area contributed by atoms with Gasteiger partial charge in [-0.05, 0) is 34.5 Å². The van der Waals surface area contributed by atoms with Crippen LogP contribution >= 0.6 is 15.9 Å². The third-order valence-electron chi connectivity index (χ3n) is 3.45. The lowest BCUT2D eigenvalue weighted by Gasteiger charge is -2.12. The molecule has 0 amide bonds. The lowest BCUT2D eigenvalue weighted by atomic mass is 10.1. The number of benzene rings is 1. The zero-order valence-electron chi connectivity index (χ0n) is 11.8. The number of aliphatic hydroxyl groups excluding tert-OH is 1. The molecule has 1 atom stereocenters. The Kier molecular flexibility index (Phi) is 5.92. The van der Waals surface area contributed by atoms with Crippen molar-refractivity contribution in [2.45, 2.75) is 51.6 Å². The number of aliphatic hydroxyl groups is 1. The van der Waals surface area contributed by atoms with Crippen molar-refractivity contribution in [1.29, 1.82) is 0 Å². The van der Waals surface area contributed by atoms with Crippen molar-refractivity contribution >= 4 is 27.0 Å². The summed E-state index contributed by atoms with van der Waals surface area (Å²) in [6.07, 6.45) is 6.16. The molecule has 2 rings (SSSR count). The van der Waals surface area contributed by atoms with Crippen molar-refractivity contribution in [1.82, 2.24) is 9.97 Å². The first-order chi connectivity index (χ1) is 9.72. The molecule has 0 aliphatic carbocycles. The van der Waals surface area contributed by atoms with Crippen molar-refractivity contribution in [2.24, 2.45) is 0 Å². The molecule has 1 aromatic carbocycles. The van der Waals surface area contributed by atoms with E-state index in [4.69, 9.17) is 0 Å². The standard InChI is InChI=1S/C16H21BrN2O/c1-2-3-4-5-6-11-14(20)15-16(17)19-13-10-8-7-9-12(13)18-15/h7-10,14,20H,2-6,11H2,1H3/t14-/m0/s1. The van der Waals surface area contributed by atoms with Gasteiger partial charge in [0, 0.05) is 0 Å². The molecular weight excluding hydrogens is 316 g/mol. The summed E-state index contributed by atoms with van der Waals surface area (Å²) in [5, 5.41) is 10.3. The number of aromatic nitrogens is 2. The molecule has 0 bridgehead atoms. The molecule has 1 aromatic heterocycles. The first-order valence-corrected chi connectivity index (χ1v) is 8.12. The third-order valence-corrected chi connectivity index (χ3v) is 4.03. The van der Waals surface area contributed by atoms with Crippen LogP contribution in [-0.2, 0) is 0 Å². The molecule has 0 aliphatic rings. The molecule has 2 aromatic rings. The first kappa shape index (κ1) is 15.4. The third kappa shape index (κ3) is 4.00. The van der Waals surface area contributed by atoms with Crippen molar-refractivity contribution < 1.29 is 5.11 Å². The summed E-state index contributed by atoms with van der Waals surface area (Å²) in [4.78, 5) is 8.98. The van der Waals surface area contributed by atoms with E-state index in [0.717, 1.165) is 23.9 Å². The van der Waals surface area contributed by atoms with Crippen LogP contribution in [0.15, 0.2) is 28.9 Å². The molecule has 0 radical (unpaired) electrons. The second-order valence-electron chi connectivity index (χ2n) is 5.11. The second kappa shape index (κ2) is 7.70. The van der Waals surface area contributed by atoms with E-state index in [1.54, 1.807) is 0 Å². The minimum absolute atomic E-state index is 0.539. The number of unbranched alkanes of at least 4 members (excludes halogenated alkanes) is 4. The van der Waals surface area contributed by atoms with Crippen LogP contribution in [0.5, 0.6) is 0 Å². The summed E-state index contributed by atoms with van der Waals surface area (Å²) in [6.45, 7) is 2.20. The van der Waals surface area contributed by atoms with Crippen LogP contribution in [0.2, 0.25) is 0 Å². The van der Waals surface area contributed by atoms with E-state index in [0.29, 0.717) is 10.3 Å². The Labute approximate surface area is 128 Å². The zero-order valence-corrected chi connectivity index (χ0v) is 13.4. The summed E-state index contributed by atoms with van der Waals surface area (Å²) in [7, 11) is 0. The fourth-order valence-corrected chi connectivity index (χ4v) is 2.83. The first-order valence-electron chi connectivity index (χ1n) is 7.32. The molecule has 4 heteroatoms. The Bertz CT molecular complexity index is 559. The van der Waals surface area contributed by atoms with E-state index >= 15 is 0 Å².